The number of nitrogens with one attached hydrogen (secondary N) is 1. The molecule has 3 heteroatoms. The van der Waals surface area contributed by atoms with Gasteiger partial charge in [0.1, 0.15) is 5.82 Å². The van der Waals surface area contributed by atoms with Gasteiger partial charge in [-0.15, -0.1) is 0 Å². The highest BCUT2D eigenvalue weighted by molar-refractivity contribution is 5.33. The Hall–Kier alpha value is -0.960. The Labute approximate surface area is 109 Å². The van der Waals surface area contributed by atoms with E-state index < -0.39 is 0 Å². The number of rotatable bonds is 3. The third-order valence-electron chi connectivity index (χ3n) is 3.83. The van der Waals surface area contributed by atoms with Gasteiger partial charge in [0, 0.05) is 31.0 Å². The van der Waals surface area contributed by atoms with Crippen molar-refractivity contribution in [3.8, 4) is 0 Å². The summed E-state index contributed by atoms with van der Waals surface area (Å²) in [5.41, 5.74) is 4.38. The lowest BCUT2D eigenvalue weighted by Crippen LogP contribution is -2.11. The molecule has 0 spiro atoms. The number of aromatic nitrogens is 2. The van der Waals surface area contributed by atoms with E-state index in [1.165, 1.54) is 29.8 Å². The fourth-order valence-electron chi connectivity index (χ4n) is 2.54. The van der Waals surface area contributed by atoms with Crippen molar-refractivity contribution < 1.29 is 0 Å². The molecule has 2 aliphatic rings. The molecule has 0 bridgehead atoms. The second kappa shape index (κ2) is 4.30. The lowest BCUT2D eigenvalue weighted by molar-refractivity contribution is 0.374. The maximum atomic E-state index is 4.86. The van der Waals surface area contributed by atoms with Crippen LogP contribution in [0.25, 0.3) is 0 Å². The number of nitrogens with zero attached hydrogens (tertiary/aromatic N) is 2. The Balaban J connectivity index is 1.85. The summed E-state index contributed by atoms with van der Waals surface area (Å²) in [6.07, 6.45) is 4.81. The van der Waals surface area contributed by atoms with Crippen LogP contribution in [0.15, 0.2) is 0 Å². The van der Waals surface area contributed by atoms with E-state index in [2.05, 4.69) is 26.1 Å². The van der Waals surface area contributed by atoms with Gasteiger partial charge < -0.3 is 5.32 Å². The average Bonchev–Trinajstić information content (AvgIpc) is 3.03. The lowest BCUT2D eigenvalue weighted by Gasteiger charge is -2.17. The third-order valence-corrected chi connectivity index (χ3v) is 3.83. The largest absolute Gasteiger partial charge is 0.307 e. The van der Waals surface area contributed by atoms with E-state index >= 15 is 0 Å². The Morgan fingerprint density at radius 1 is 1.17 bits per heavy atom. The normalized spacial score (nSPS) is 19.1. The van der Waals surface area contributed by atoms with Crippen LogP contribution >= 0.6 is 0 Å². The first kappa shape index (κ1) is 12.1. The van der Waals surface area contributed by atoms with Crippen molar-refractivity contribution >= 4 is 0 Å². The van der Waals surface area contributed by atoms with E-state index in [4.69, 9.17) is 9.97 Å². The number of hydrogen-bond donors (Lipinski definition) is 1. The second-order valence-corrected chi connectivity index (χ2v) is 6.89. The van der Waals surface area contributed by atoms with Crippen molar-refractivity contribution in [2.45, 2.75) is 65.5 Å². The van der Waals surface area contributed by atoms with Crippen molar-refractivity contribution in [1.29, 1.82) is 0 Å². The Morgan fingerprint density at radius 2 is 1.94 bits per heavy atom. The van der Waals surface area contributed by atoms with Gasteiger partial charge in [-0.25, -0.2) is 9.97 Å². The summed E-state index contributed by atoms with van der Waals surface area (Å²) in [5.74, 6) is 1.80. The predicted octanol–water partition coefficient (Wildman–Crippen LogP) is 2.94. The van der Waals surface area contributed by atoms with Crippen molar-refractivity contribution in [2.75, 3.05) is 0 Å². The van der Waals surface area contributed by atoms with E-state index in [-0.39, 0.29) is 0 Å². The molecule has 1 fully saturated rings. The maximum Gasteiger partial charge on any atom is 0.128 e. The summed E-state index contributed by atoms with van der Waals surface area (Å²) in [7, 11) is 0. The topological polar surface area (TPSA) is 37.8 Å². The molecule has 1 aliphatic carbocycles. The molecule has 0 unspecified atom stereocenters. The monoisotopic (exact) mass is 245 g/mol. The van der Waals surface area contributed by atoms with Gasteiger partial charge in [0.15, 0.2) is 0 Å². The van der Waals surface area contributed by atoms with Crippen molar-refractivity contribution in [3.05, 3.63) is 22.8 Å². The molecule has 1 aliphatic heterocycles. The van der Waals surface area contributed by atoms with Crippen molar-refractivity contribution in [1.82, 2.24) is 15.3 Å². The van der Waals surface area contributed by atoms with E-state index in [0.29, 0.717) is 5.41 Å². The zero-order chi connectivity index (χ0) is 12.8. The minimum absolute atomic E-state index is 0.361. The fraction of sp³-hybridized carbons (Fsp3) is 0.733. The first-order valence-electron chi connectivity index (χ1n) is 7.12. The second-order valence-electron chi connectivity index (χ2n) is 6.89. The van der Waals surface area contributed by atoms with E-state index in [1.807, 2.05) is 0 Å². The van der Waals surface area contributed by atoms with Gasteiger partial charge in [-0.1, -0.05) is 20.8 Å². The van der Waals surface area contributed by atoms with Gasteiger partial charge >= 0.3 is 0 Å². The van der Waals surface area contributed by atoms with Crippen molar-refractivity contribution in [3.63, 3.8) is 0 Å². The van der Waals surface area contributed by atoms with Gasteiger partial charge in [0.05, 0.1) is 11.4 Å². The summed E-state index contributed by atoms with van der Waals surface area (Å²) in [4.78, 5) is 9.61. The zero-order valence-electron chi connectivity index (χ0n) is 11.7. The van der Waals surface area contributed by atoms with Crippen LogP contribution in [0.1, 0.15) is 68.7 Å². The predicted molar refractivity (Wildman–Crippen MR) is 72.3 cm³/mol. The van der Waals surface area contributed by atoms with Crippen LogP contribution in [0, 0.1) is 5.41 Å². The highest BCUT2D eigenvalue weighted by atomic mass is 15.0. The Bertz CT molecular complexity index is 456. The first-order chi connectivity index (χ1) is 8.53. The highest BCUT2D eigenvalue weighted by Gasteiger charge is 2.31. The summed E-state index contributed by atoms with van der Waals surface area (Å²) in [6, 6.07) is 0. The van der Waals surface area contributed by atoms with Crippen LogP contribution in [-0.4, -0.2) is 9.97 Å². The van der Waals surface area contributed by atoms with E-state index in [0.717, 1.165) is 37.7 Å². The molecule has 3 nitrogen and oxygen atoms in total. The fourth-order valence-corrected chi connectivity index (χ4v) is 2.54. The van der Waals surface area contributed by atoms with Crippen molar-refractivity contribution in [2.24, 2.45) is 5.41 Å². The van der Waals surface area contributed by atoms with Gasteiger partial charge in [0.25, 0.3) is 0 Å². The first-order valence-corrected chi connectivity index (χ1v) is 7.12. The third kappa shape index (κ3) is 2.56. The molecule has 0 radical (unpaired) electrons. The van der Waals surface area contributed by atoms with Crippen LogP contribution in [-0.2, 0) is 19.5 Å². The number of fused-ring (bicyclic) bond motifs is 1. The molecule has 18 heavy (non-hydrogen) atoms. The molecule has 0 saturated heterocycles. The molecule has 1 saturated carbocycles. The average molecular weight is 245 g/mol. The van der Waals surface area contributed by atoms with Gasteiger partial charge in [-0.3, -0.25) is 0 Å². The molecular weight excluding hydrogens is 222 g/mol. The number of hydrogen-bond acceptors (Lipinski definition) is 3. The summed E-state index contributed by atoms with van der Waals surface area (Å²) in [6.45, 7) is 8.75. The highest BCUT2D eigenvalue weighted by Crippen LogP contribution is 2.41. The molecule has 98 valence electrons. The van der Waals surface area contributed by atoms with Crippen LogP contribution in [0.3, 0.4) is 0 Å². The molecular formula is C15H23N3. The smallest absolute Gasteiger partial charge is 0.128 e. The van der Waals surface area contributed by atoms with Crippen LogP contribution < -0.4 is 5.32 Å². The Morgan fingerprint density at radius 3 is 2.61 bits per heavy atom. The summed E-state index contributed by atoms with van der Waals surface area (Å²) < 4.78 is 0. The SMILES string of the molecule is CC(C)(C)CCc1nc2c(c(C3CC3)n1)CNC2. The Kier molecular flexibility index (Phi) is 2.89. The molecule has 0 amide bonds. The molecule has 0 aromatic carbocycles. The van der Waals surface area contributed by atoms with Gasteiger partial charge in [0.2, 0.25) is 0 Å². The lowest BCUT2D eigenvalue weighted by atomic mass is 9.90. The zero-order valence-corrected chi connectivity index (χ0v) is 11.7. The summed E-state index contributed by atoms with van der Waals surface area (Å²) in [5, 5.41) is 3.41. The van der Waals surface area contributed by atoms with E-state index in [9.17, 15) is 0 Å². The molecule has 0 atom stereocenters. The van der Waals surface area contributed by atoms with Crippen LogP contribution in [0.5, 0.6) is 0 Å². The van der Waals surface area contributed by atoms with Crippen LogP contribution in [0.4, 0.5) is 0 Å². The molecule has 3 rings (SSSR count). The standard InChI is InChI=1S/C15H23N3/c1-15(2,3)7-6-13-17-12-9-16-8-11(12)14(18-13)10-4-5-10/h10,16H,4-9H2,1-3H3. The molecule has 2 heterocycles. The quantitative estimate of drug-likeness (QED) is 0.889. The van der Waals surface area contributed by atoms with Crippen LogP contribution in [0.2, 0.25) is 0 Å². The van der Waals surface area contributed by atoms with Gasteiger partial charge in [-0.2, -0.15) is 0 Å². The molecule has 1 N–H and O–H groups in total. The molecule has 1 aromatic heterocycles. The minimum atomic E-state index is 0.361. The van der Waals surface area contributed by atoms with E-state index in [1.54, 1.807) is 0 Å². The van der Waals surface area contributed by atoms with Gasteiger partial charge in [-0.05, 0) is 24.7 Å². The maximum absolute atomic E-state index is 4.86. The summed E-state index contributed by atoms with van der Waals surface area (Å²) >= 11 is 0. The molecule has 1 aromatic rings. The minimum Gasteiger partial charge on any atom is -0.307 e. The number of aryl methyl sites for hydroxylation is 1.